The molecule has 0 bridgehead atoms. The summed E-state index contributed by atoms with van der Waals surface area (Å²) in [6.07, 6.45) is 3.85. The number of halogens is 2. The first kappa shape index (κ1) is 12.3. The fourth-order valence-corrected chi connectivity index (χ4v) is 1.59. The summed E-state index contributed by atoms with van der Waals surface area (Å²) in [4.78, 5) is 0. The molecule has 0 spiro atoms. The van der Waals surface area contributed by atoms with Crippen molar-refractivity contribution in [1.29, 1.82) is 0 Å². The number of hydrogen-bond acceptors (Lipinski definition) is 1. The molecular weight excluding hydrogens is 232 g/mol. The van der Waals surface area contributed by atoms with Crippen LogP contribution in [0.5, 0.6) is 0 Å². The molecule has 0 saturated heterocycles. The average Bonchev–Trinajstić information content (AvgIpc) is 2.35. The molecule has 92 valence electrons. The third kappa shape index (κ3) is 3.70. The van der Waals surface area contributed by atoms with Crippen molar-refractivity contribution in [2.24, 2.45) is 0 Å². The normalized spacial score (nSPS) is 10.8. The summed E-state index contributed by atoms with van der Waals surface area (Å²) < 4.78 is 25.8. The predicted octanol–water partition coefficient (Wildman–Crippen LogP) is 4.09. The lowest BCUT2D eigenvalue weighted by Crippen LogP contribution is -1.99. The molecule has 0 radical (unpaired) electrons. The van der Waals surface area contributed by atoms with Gasteiger partial charge in [-0.05, 0) is 17.7 Å². The first-order valence-corrected chi connectivity index (χ1v) is 5.65. The Morgan fingerprint density at radius 1 is 0.944 bits per heavy atom. The minimum atomic E-state index is -0.579. The van der Waals surface area contributed by atoms with Gasteiger partial charge in [0.25, 0.3) is 0 Å². The van der Waals surface area contributed by atoms with Crippen LogP contribution in [-0.2, 0) is 0 Å². The molecule has 0 aliphatic heterocycles. The highest BCUT2D eigenvalue weighted by atomic mass is 19.1. The van der Waals surface area contributed by atoms with Gasteiger partial charge in [-0.1, -0.05) is 42.5 Å². The van der Waals surface area contributed by atoms with Crippen LogP contribution in [0.15, 0.2) is 54.6 Å². The minimum Gasteiger partial charge on any atom is -0.381 e. The van der Waals surface area contributed by atoms with Crippen LogP contribution < -0.4 is 5.32 Å². The summed E-state index contributed by atoms with van der Waals surface area (Å²) in [6.45, 7) is 0.512. The van der Waals surface area contributed by atoms with Gasteiger partial charge in [0.15, 0.2) is 0 Å². The molecule has 0 unspecified atom stereocenters. The third-order valence-corrected chi connectivity index (χ3v) is 2.40. The highest BCUT2D eigenvalue weighted by molar-refractivity contribution is 5.51. The average molecular weight is 245 g/mol. The summed E-state index contributed by atoms with van der Waals surface area (Å²) in [5.41, 5.74) is 1.52. The molecule has 2 aromatic rings. The molecule has 0 aromatic heterocycles. The topological polar surface area (TPSA) is 12.0 Å². The summed E-state index contributed by atoms with van der Waals surface area (Å²) in [5, 5.41) is 2.93. The number of hydrogen-bond donors (Lipinski definition) is 1. The van der Waals surface area contributed by atoms with Gasteiger partial charge in [-0.15, -0.1) is 0 Å². The first-order valence-electron chi connectivity index (χ1n) is 5.65. The Labute approximate surface area is 105 Å². The fraction of sp³-hybridized carbons (Fsp3) is 0.0667. The third-order valence-electron chi connectivity index (χ3n) is 2.40. The second kappa shape index (κ2) is 5.96. The quantitative estimate of drug-likeness (QED) is 0.855. The van der Waals surface area contributed by atoms with Crippen LogP contribution in [-0.4, -0.2) is 6.54 Å². The van der Waals surface area contributed by atoms with Gasteiger partial charge in [-0.3, -0.25) is 0 Å². The van der Waals surface area contributed by atoms with E-state index in [1.54, 1.807) is 0 Å². The number of nitrogens with one attached hydrogen (secondary N) is 1. The molecule has 0 fully saturated rings. The van der Waals surface area contributed by atoms with Crippen molar-refractivity contribution in [1.82, 2.24) is 0 Å². The van der Waals surface area contributed by atoms with E-state index in [0.29, 0.717) is 12.2 Å². The lowest BCUT2D eigenvalue weighted by Gasteiger charge is -2.03. The monoisotopic (exact) mass is 245 g/mol. The number of rotatable bonds is 4. The second-order valence-corrected chi connectivity index (χ2v) is 3.85. The van der Waals surface area contributed by atoms with E-state index in [9.17, 15) is 8.78 Å². The van der Waals surface area contributed by atoms with Gasteiger partial charge in [-0.2, -0.15) is 0 Å². The molecule has 0 saturated carbocycles. The number of benzene rings is 2. The zero-order valence-electron chi connectivity index (χ0n) is 9.74. The molecule has 0 amide bonds. The smallest absolute Gasteiger partial charge is 0.128 e. The lowest BCUT2D eigenvalue weighted by molar-refractivity contribution is 0.584. The van der Waals surface area contributed by atoms with Crippen LogP contribution in [0.3, 0.4) is 0 Å². The maximum Gasteiger partial charge on any atom is 0.128 e. The van der Waals surface area contributed by atoms with Gasteiger partial charge >= 0.3 is 0 Å². The van der Waals surface area contributed by atoms with Gasteiger partial charge < -0.3 is 5.32 Å². The van der Waals surface area contributed by atoms with Crippen molar-refractivity contribution in [2.75, 3.05) is 11.9 Å². The molecule has 0 heterocycles. The summed E-state index contributed by atoms with van der Waals surface area (Å²) in [7, 11) is 0. The fourth-order valence-electron chi connectivity index (χ4n) is 1.59. The zero-order valence-corrected chi connectivity index (χ0v) is 9.74. The van der Waals surface area contributed by atoms with Gasteiger partial charge in [-0.25, -0.2) is 8.78 Å². The summed E-state index contributed by atoms with van der Waals surface area (Å²) >= 11 is 0. The van der Waals surface area contributed by atoms with Crippen LogP contribution in [0.1, 0.15) is 5.56 Å². The molecule has 0 aliphatic carbocycles. The van der Waals surface area contributed by atoms with E-state index in [2.05, 4.69) is 5.32 Å². The standard InChI is InChI=1S/C15H13F2N/c16-13-9-14(17)11-15(10-13)18-8-4-7-12-5-2-1-3-6-12/h1-7,9-11,18H,8H2. The van der Waals surface area contributed by atoms with Crippen LogP contribution in [0.2, 0.25) is 0 Å². The Morgan fingerprint density at radius 3 is 2.28 bits per heavy atom. The van der Waals surface area contributed by atoms with E-state index < -0.39 is 11.6 Å². The van der Waals surface area contributed by atoms with Crippen molar-refractivity contribution < 1.29 is 8.78 Å². The molecule has 0 atom stereocenters. The largest absolute Gasteiger partial charge is 0.381 e. The SMILES string of the molecule is Fc1cc(F)cc(NCC=Cc2ccccc2)c1. The zero-order chi connectivity index (χ0) is 12.8. The number of anilines is 1. The van der Waals surface area contributed by atoms with Crippen LogP contribution in [0, 0.1) is 11.6 Å². The van der Waals surface area contributed by atoms with Crippen LogP contribution >= 0.6 is 0 Å². The Hall–Kier alpha value is -2.16. The van der Waals surface area contributed by atoms with Crippen molar-refractivity contribution in [3.8, 4) is 0 Å². The van der Waals surface area contributed by atoms with Crippen molar-refractivity contribution in [3.05, 3.63) is 71.8 Å². The van der Waals surface area contributed by atoms with Gasteiger partial charge in [0, 0.05) is 18.3 Å². The second-order valence-electron chi connectivity index (χ2n) is 3.85. The molecule has 3 heteroatoms. The molecule has 2 rings (SSSR count). The Bertz CT molecular complexity index is 515. The van der Waals surface area contributed by atoms with Crippen LogP contribution in [0.4, 0.5) is 14.5 Å². The van der Waals surface area contributed by atoms with Gasteiger partial charge in [0.2, 0.25) is 0 Å². The molecule has 0 aliphatic rings. The van der Waals surface area contributed by atoms with Gasteiger partial charge in [0.1, 0.15) is 11.6 Å². The van der Waals surface area contributed by atoms with Crippen LogP contribution in [0.25, 0.3) is 6.08 Å². The van der Waals surface area contributed by atoms with E-state index in [0.717, 1.165) is 11.6 Å². The van der Waals surface area contributed by atoms with E-state index in [1.165, 1.54) is 12.1 Å². The molecule has 1 nitrogen and oxygen atoms in total. The Kier molecular flexibility index (Phi) is 4.07. The molecule has 18 heavy (non-hydrogen) atoms. The molecule has 2 aromatic carbocycles. The van der Waals surface area contributed by atoms with E-state index in [-0.39, 0.29) is 0 Å². The lowest BCUT2D eigenvalue weighted by atomic mass is 10.2. The first-order chi connectivity index (χ1) is 8.74. The highest BCUT2D eigenvalue weighted by Gasteiger charge is 1.98. The van der Waals surface area contributed by atoms with E-state index in [4.69, 9.17) is 0 Å². The van der Waals surface area contributed by atoms with Crippen molar-refractivity contribution in [2.45, 2.75) is 0 Å². The highest BCUT2D eigenvalue weighted by Crippen LogP contribution is 2.12. The minimum absolute atomic E-state index is 0.435. The predicted molar refractivity (Wildman–Crippen MR) is 70.3 cm³/mol. The Balaban J connectivity index is 1.90. The maximum absolute atomic E-state index is 12.9. The Morgan fingerprint density at radius 2 is 1.61 bits per heavy atom. The summed E-state index contributed by atoms with van der Waals surface area (Å²) in [5.74, 6) is -1.16. The summed E-state index contributed by atoms with van der Waals surface area (Å²) in [6, 6.07) is 13.2. The molecular formula is C15H13F2N. The molecule has 1 N–H and O–H groups in total. The van der Waals surface area contributed by atoms with E-state index in [1.807, 2.05) is 42.5 Å². The van der Waals surface area contributed by atoms with Crippen molar-refractivity contribution in [3.63, 3.8) is 0 Å². The maximum atomic E-state index is 12.9. The van der Waals surface area contributed by atoms with Crippen molar-refractivity contribution >= 4 is 11.8 Å². The van der Waals surface area contributed by atoms with E-state index >= 15 is 0 Å². The van der Waals surface area contributed by atoms with Gasteiger partial charge in [0.05, 0.1) is 0 Å².